The third kappa shape index (κ3) is 3.70. The summed E-state index contributed by atoms with van der Waals surface area (Å²) in [6, 6.07) is 14.6. The molecule has 4 rings (SSSR count). The van der Waals surface area contributed by atoms with Crippen LogP contribution in [0.15, 0.2) is 93.6 Å². The number of rotatable bonds is 6. The zero-order valence-corrected chi connectivity index (χ0v) is 17.7. The third-order valence-electron chi connectivity index (χ3n) is 5.05. The lowest BCUT2D eigenvalue weighted by molar-refractivity contribution is 0.475. The molecule has 0 saturated carbocycles. The van der Waals surface area contributed by atoms with E-state index in [9.17, 15) is 14.7 Å². The van der Waals surface area contributed by atoms with Crippen molar-refractivity contribution in [2.24, 2.45) is 4.99 Å². The molecular weight excluding hydrogens is 428 g/mol. The normalized spacial score (nSPS) is 11.6. The van der Waals surface area contributed by atoms with Crippen LogP contribution in [-0.4, -0.2) is 26.2 Å². The molecule has 2 N–H and O–H groups in total. The second-order valence-electron chi connectivity index (χ2n) is 7.05. The Kier molecular flexibility index (Phi) is 5.66. The maximum absolute atomic E-state index is 13.5. The van der Waals surface area contributed by atoms with Crippen LogP contribution in [-0.2, 0) is 6.54 Å². The summed E-state index contributed by atoms with van der Waals surface area (Å²) >= 11 is 6.31. The minimum atomic E-state index is -0.365. The van der Waals surface area contributed by atoms with Gasteiger partial charge in [0.2, 0.25) is 0 Å². The number of hydrogen-bond donors (Lipinski definition) is 2. The second-order valence-corrected chi connectivity index (χ2v) is 7.45. The van der Waals surface area contributed by atoms with Gasteiger partial charge in [0, 0.05) is 12.3 Å². The van der Waals surface area contributed by atoms with Gasteiger partial charge in [-0.15, -0.1) is 0 Å². The summed E-state index contributed by atoms with van der Waals surface area (Å²) in [5, 5.41) is 13.4. The number of aromatic amines is 1. The lowest BCUT2D eigenvalue weighted by Crippen LogP contribution is -2.23. The molecule has 0 aliphatic heterocycles. The van der Waals surface area contributed by atoms with Crippen LogP contribution < -0.4 is 11.1 Å². The molecule has 0 spiro atoms. The predicted octanol–water partition coefficient (Wildman–Crippen LogP) is 4.28. The van der Waals surface area contributed by atoms with Gasteiger partial charge < -0.3 is 9.67 Å². The van der Waals surface area contributed by atoms with Crippen molar-refractivity contribution in [2.75, 3.05) is 0 Å². The molecule has 2 heterocycles. The molecule has 0 fully saturated rings. The van der Waals surface area contributed by atoms with Crippen LogP contribution in [0, 0.1) is 0 Å². The number of para-hydroxylation sites is 1. The van der Waals surface area contributed by atoms with Crippen molar-refractivity contribution >= 4 is 29.2 Å². The lowest BCUT2D eigenvalue weighted by Gasteiger charge is -2.14. The average molecular weight is 447 g/mol. The number of pyridine rings is 1. The highest BCUT2D eigenvalue weighted by molar-refractivity contribution is 6.32. The van der Waals surface area contributed by atoms with E-state index in [1.54, 1.807) is 42.5 Å². The van der Waals surface area contributed by atoms with Crippen LogP contribution in [0.1, 0.15) is 0 Å². The van der Waals surface area contributed by atoms with Crippen molar-refractivity contribution in [2.45, 2.75) is 6.54 Å². The fourth-order valence-electron chi connectivity index (χ4n) is 3.57. The maximum Gasteiger partial charge on any atom is 0.281 e. The number of nitrogens with zero attached hydrogens (tertiary/aromatic N) is 3. The van der Waals surface area contributed by atoms with Gasteiger partial charge in [-0.1, -0.05) is 36.4 Å². The summed E-state index contributed by atoms with van der Waals surface area (Å²) in [6.45, 7) is 7.34. The van der Waals surface area contributed by atoms with Crippen molar-refractivity contribution in [3.8, 4) is 22.7 Å². The zero-order chi connectivity index (χ0) is 22.8. The van der Waals surface area contributed by atoms with E-state index in [4.69, 9.17) is 11.6 Å². The van der Waals surface area contributed by atoms with Crippen molar-refractivity contribution in [3.05, 3.63) is 105 Å². The average Bonchev–Trinajstić information content (AvgIpc) is 3.10. The standard InChI is InChI=1S/C24H19ClN4O3/c1-3-15(13-26-2)14-28-21(31)12-19-22(23(28)16-8-10-17(30)11-9-16)24(32)29(27-19)20-7-5-4-6-18(20)25/h3-13,27,30H,1-2,14H2/b15-13+. The first-order valence-corrected chi connectivity index (χ1v) is 10.0. The number of aliphatic imine (C=N–C) groups is 1. The minimum absolute atomic E-state index is 0.0694. The molecule has 160 valence electrons. The highest BCUT2D eigenvalue weighted by Gasteiger charge is 2.20. The number of nitrogens with one attached hydrogen (secondary N) is 1. The van der Waals surface area contributed by atoms with Gasteiger partial charge in [0.15, 0.2) is 0 Å². The summed E-state index contributed by atoms with van der Waals surface area (Å²) in [5.41, 5.74) is 1.77. The van der Waals surface area contributed by atoms with Gasteiger partial charge in [0.25, 0.3) is 11.1 Å². The Morgan fingerprint density at radius 1 is 1.16 bits per heavy atom. The summed E-state index contributed by atoms with van der Waals surface area (Å²) in [7, 11) is 0. The second kappa shape index (κ2) is 8.56. The van der Waals surface area contributed by atoms with Gasteiger partial charge in [-0.2, -0.15) is 0 Å². The van der Waals surface area contributed by atoms with Crippen molar-refractivity contribution < 1.29 is 5.11 Å². The molecule has 4 aromatic rings. The number of benzene rings is 2. The summed E-state index contributed by atoms with van der Waals surface area (Å²) in [4.78, 5) is 30.4. The Balaban J connectivity index is 2.10. The zero-order valence-electron chi connectivity index (χ0n) is 17.0. The number of H-pyrrole nitrogens is 1. The van der Waals surface area contributed by atoms with Crippen molar-refractivity contribution in [3.63, 3.8) is 0 Å². The molecule has 0 saturated heterocycles. The molecule has 0 amide bonds. The van der Waals surface area contributed by atoms with Crippen molar-refractivity contribution in [1.82, 2.24) is 14.3 Å². The molecule has 0 bridgehead atoms. The Morgan fingerprint density at radius 2 is 1.88 bits per heavy atom. The van der Waals surface area contributed by atoms with Gasteiger partial charge in [0.05, 0.1) is 33.9 Å². The number of hydrogen-bond acceptors (Lipinski definition) is 4. The Labute approximate surface area is 187 Å². The van der Waals surface area contributed by atoms with Gasteiger partial charge >= 0.3 is 0 Å². The molecule has 0 aliphatic rings. The Hall–Kier alpha value is -4.10. The SMILES string of the molecule is C=C/C(=C\N=C)Cn1c(-c2ccc(O)cc2)c2c(=O)n(-c3ccccc3Cl)[nH]c2cc1=O. The maximum atomic E-state index is 13.5. The van der Waals surface area contributed by atoms with E-state index in [0.29, 0.717) is 38.4 Å². The van der Waals surface area contributed by atoms with Crippen LogP contribution in [0.2, 0.25) is 5.02 Å². The highest BCUT2D eigenvalue weighted by atomic mass is 35.5. The quantitative estimate of drug-likeness (QED) is 0.342. The van der Waals surface area contributed by atoms with Gasteiger partial charge in [-0.3, -0.25) is 19.7 Å². The van der Waals surface area contributed by atoms with Gasteiger partial charge in [-0.05, 0) is 54.3 Å². The summed E-state index contributed by atoms with van der Waals surface area (Å²) in [6.07, 6.45) is 3.08. The monoisotopic (exact) mass is 446 g/mol. The third-order valence-corrected chi connectivity index (χ3v) is 5.37. The first-order valence-electron chi connectivity index (χ1n) is 9.64. The van der Waals surface area contributed by atoms with E-state index >= 15 is 0 Å². The molecule has 8 heteroatoms. The number of aromatic hydroxyl groups is 1. The Bertz CT molecular complexity index is 1490. The molecule has 0 aliphatic carbocycles. The van der Waals surface area contributed by atoms with Crippen LogP contribution in [0.3, 0.4) is 0 Å². The smallest absolute Gasteiger partial charge is 0.281 e. The van der Waals surface area contributed by atoms with Gasteiger partial charge in [0.1, 0.15) is 5.75 Å². The largest absolute Gasteiger partial charge is 0.508 e. The molecule has 32 heavy (non-hydrogen) atoms. The number of halogens is 1. The van der Waals surface area contributed by atoms with Crippen LogP contribution in [0.4, 0.5) is 0 Å². The van der Waals surface area contributed by atoms with Crippen LogP contribution in [0.5, 0.6) is 5.75 Å². The first kappa shape index (κ1) is 21.1. The van der Waals surface area contributed by atoms with E-state index in [1.165, 1.54) is 33.6 Å². The fourth-order valence-corrected chi connectivity index (χ4v) is 3.79. The van der Waals surface area contributed by atoms with E-state index in [2.05, 4.69) is 23.4 Å². The van der Waals surface area contributed by atoms with Crippen LogP contribution >= 0.6 is 11.6 Å². The number of aromatic nitrogens is 3. The van der Waals surface area contributed by atoms with E-state index < -0.39 is 0 Å². The molecule has 2 aromatic heterocycles. The molecule has 0 radical (unpaired) electrons. The molecule has 0 unspecified atom stereocenters. The van der Waals surface area contributed by atoms with Crippen molar-refractivity contribution in [1.29, 1.82) is 0 Å². The van der Waals surface area contributed by atoms with E-state index in [1.807, 2.05) is 0 Å². The lowest BCUT2D eigenvalue weighted by atomic mass is 10.1. The number of phenolic OH excluding ortho intramolecular Hbond substituents is 1. The van der Waals surface area contributed by atoms with E-state index in [0.717, 1.165) is 0 Å². The highest BCUT2D eigenvalue weighted by Crippen LogP contribution is 2.28. The molecule has 2 aromatic carbocycles. The number of fused-ring (bicyclic) bond motifs is 1. The van der Waals surface area contributed by atoms with Gasteiger partial charge in [-0.25, -0.2) is 4.68 Å². The molecule has 0 atom stereocenters. The topological polar surface area (TPSA) is 92.4 Å². The summed E-state index contributed by atoms with van der Waals surface area (Å²) < 4.78 is 2.79. The first-order chi connectivity index (χ1) is 15.4. The molecular formula is C24H19ClN4O3. The van der Waals surface area contributed by atoms with E-state index in [-0.39, 0.29) is 23.4 Å². The number of phenols is 1. The van der Waals surface area contributed by atoms with Crippen LogP contribution in [0.25, 0.3) is 27.8 Å². The number of allylic oxidation sites excluding steroid dienone is 2. The summed E-state index contributed by atoms with van der Waals surface area (Å²) in [5.74, 6) is 0.0694. The fraction of sp³-hybridized carbons (Fsp3) is 0.0417. The minimum Gasteiger partial charge on any atom is -0.508 e. The molecule has 7 nitrogen and oxygen atoms in total. The predicted molar refractivity (Wildman–Crippen MR) is 128 cm³/mol. The Morgan fingerprint density at radius 3 is 2.53 bits per heavy atom.